The van der Waals surface area contributed by atoms with Crippen LogP contribution in [0.1, 0.15) is 24.0 Å². The van der Waals surface area contributed by atoms with Crippen LogP contribution < -0.4 is 4.74 Å². The molecule has 1 aromatic rings. The van der Waals surface area contributed by atoms with E-state index in [2.05, 4.69) is 15.9 Å². The van der Waals surface area contributed by atoms with E-state index in [1.54, 1.807) is 7.11 Å². The van der Waals surface area contributed by atoms with Crippen LogP contribution in [0.25, 0.3) is 0 Å². The molecule has 0 saturated carbocycles. The second kappa shape index (κ2) is 4.60. The molecule has 1 rings (SSSR count). The molecule has 0 aromatic heterocycles. The van der Waals surface area contributed by atoms with Crippen molar-refractivity contribution in [1.82, 2.24) is 0 Å². The molecule has 0 spiro atoms. The highest BCUT2D eigenvalue weighted by molar-refractivity contribution is 9.10. The van der Waals surface area contributed by atoms with Gasteiger partial charge in [-0.25, -0.2) is 0 Å². The summed E-state index contributed by atoms with van der Waals surface area (Å²) in [5.41, 5.74) is 2.02. The Bertz CT molecular complexity index is 347. The van der Waals surface area contributed by atoms with Gasteiger partial charge in [0.05, 0.1) is 7.11 Å². The largest absolute Gasteiger partial charge is 0.496 e. The van der Waals surface area contributed by atoms with E-state index < -0.39 is 0 Å². The minimum absolute atomic E-state index is 0.153. The minimum atomic E-state index is -0.153. The Balaban J connectivity index is 3.31. The lowest BCUT2D eigenvalue weighted by Crippen LogP contribution is -2.00. The molecule has 0 aliphatic heterocycles. The Morgan fingerprint density at radius 1 is 1.50 bits per heavy atom. The van der Waals surface area contributed by atoms with Crippen molar-refractivity contribution in [2.45, 2.75) is 19.8 Å². The first kappa shape index (κ1) is 11.2. The molecule has 0 heterocycles. The Morgan fingerprint density at radius 2 is 2.14 bits per heavy atom. The average Bonchev–Trinajstić information content (AvgIpc) is 2.15. The van der Waals surface area contributed by atoms with Crippen LogP contribution in [0.4, 0.5) is 0 Å². The third-order valence-electron chi connectivity index (χ3n) is 2.12. The highest BCUT2D eigenvalue weighted by atomic mass is 79.9. The maximum Gasteiger partial charge on any atom is 0.127 e. The van der Waals surface area contributed by atoms with Crippen molar-refractivity contribution in [2.24, 2.45) is 0 Å². The Morgan fingerprint density at radius 3 is 2.64 bits per heavy atom. The average molecular weight is 257 g/mol. The first-order valence-electron chi connectivity index (χ1n) is 4.39. The second-order valence-corrected chi connectivity index (χ2v) is 4.14. The van der Waals surface area contributed by atoms with E-state index in [1.807, 2.05) is 26.0 Å². The van der Waals surface area contributed by atoms with Gasteiger partial charge >= 0.3 is 0 Å². The van der Waals surface area contributed by atoms with Crippen molar-refractivity contribution in [1.29, 1.82) is 0 Å². The Labute approximate surface area is 92.4 Å². The van der Waals surface area contributed by atoms with Crippen molar-refractivity contribution in [3.63, 3.8) is 0 Å². The number of halogens is 1. The van der Waals surface area contributed by atoms with Crippen molar-refractivity contribution < 1.29 is 9.53 Å². The zero-order chi connectivity index (χ0) is 10.7. The summed E-state index contributed by atoms with van der Waals surface area (Å²) in [6.45, 7) is 3.84. The molecule has 0 fully saturated rings. The van der Waals surface area contributed by atoms with Crippen LogP contribution >= 0.6 is 15.9 Å². The predicted molar refractivity (Wildman–Crippen MR) is 59.9 cm³/mol. The molecule has 0 unspecified atom stereocenters. The molecular weight excluding hydrogens is 244 g/mol. The van der Waals surface area contributed by atoms with Gasteiger partial charge in [-0.1, -0.05) is 22.9 Å². The first-order chi connectivity index (χ1) is 6.60. The number of aryl methyl sites for hydroxylation is 1. The van der Waals surface area contributed by atoms with Crippen molar-refractivity contribution >= 4 is 22.2 Å². The molecule has 1 atom stereocenters. The lowest BCUT2D eigenvalue weighted by Gasteiger charge is -2.13. The van der Waals surface area contributed by atoms with Crippen LogP contribution in [0.2, 0.25) is 0 Å². The number of carbonyl (C=O) groups excluding carboxylic acids is 1. The molecule has 2 nitrogen and oxygen atoms in total. The van der Waals surface area contributed by atoms with Gasteiger partial charge in [-0.05, 0) is 24.6 Å². The third-order valence-corrected chi connectivity index (χ3v) is 2.77. The molecule has 76 valence electrons. The number of ether oxygens (including phenoxy) is 1. The molecule has 0 saturated heterocycles. The number of carbonyl (C=O) groups is 1. The number of methoxy groups -OCH3 is 1. The highest BCUT2D eigenvalue weighted by Gasteiger charge is 2.14. The molecule has 0 aliphatic carbocycles. The second-order valence-electron chi connectivity index (χ2n) is 3.29. The SMILES string of the molecule is COc1cc(C)cc(Br)c1[C@@H](C)C=O. The fourth-order valence-corrected chi connectivity index (χ4v) is 2.32. The number of benzene rings is 1. The summed E-state index contributed by atoms with van der Waals surface area (Å²) < 4.78 is 6.17. The zero-order valence-corrected chi connectivity index (χ0v) is 10.1. The first-order valence-corrected chi connectivity index (χ1v) is 5.18. The molecule has 0 bridgehead atoms. The van der Waals surface area contributed by atoms with Gasteiger partial charge in [-0.3, -0.25) is 0 Å². The van der Waals surface area contributed by atoms with E-state index in [-0.39, 0.29) is 5.92 Å². The number of aldehydes is 1. The molecule has 0 aliphatic rings. The quantitative estimate of drug-likeness (QED) is 0.778. The number of rotatable bonds is 3. The Kier molecular flexibility index (Phi) is 3.69. The minimum Gasteiger partial charge on any atom is -0.496 e. The smallest absolute Gasteiger partial charge is 0.127 e. The molecule has 3 heteroatoms. The van der Waals surface area contributed by atoms with Gasteiger partial charge in [0.2, 0.25) is 0 Å². The fourth-order valence-electron chi connectivity index (χ4n) is 1.40. The van der Waals surface area contributed by atoms with Crippen molar-refractivity contribution in [3.05, 3.63) is 27.7 Å². The highest BCUT2D eigenvalue weighted by Crippen LogP contribution is 2.33. The molecule has 1 aromatic carbocycles. The zero-order valence-electron chi connectivity index (χ0n) is 8.50. The maximum atomic E-state index is 10.7. The van der Waals surface area contributed by atoms with Crippen LogP contribution in [0, 0.1) is 6.92 Å². The summed E-state index contributed by atoms with van der Waals surface area (Å²) >= 11 is 3.44. The van der Waals surface area contributed by atoms with E-state index in [9.17, 15) is 4.79 Å². The summed E-state index contributed by atoms with van der Waals surface area (Å²) in [5, 5.41) is 0. The van der Waals surface area contributed by atoms with E-state index in [0.29, 0.717) is 0 Å². The molecule has 0 amide bonds. The third kappa shape index (κ3) is 2.15. The lowest BCUT2D eigenvalue weighted by atomic mass is 10.00. The topological polar surface area (TPSA) is 26.3 Å². The van der Waals surface area contributed by atoms with Gasteiger partial charge in [0, 0.05) is 16.0 Å². The Hall–Kier alpha value is -0.830. The normalized spacial score (nSPS) is 12.3. The van der Waals surface area contributed by atoms with E-state index in [4.69, 9.17) is 4.74 Å². The van der Waals surface area contributed by atoms with E-state index in [1.165, 1.54) is 0 Å². The molecular formula is C11H13BrO2. The van der Waals surface area contributed by atoms with Crippen LogP contribution in [0.5, 0.6) is 5.75 Å². The van der Waals surface area contributed by atoms with Crippen molar-refractivity contribution in [2.75, 3.05) is 7.11 Å². The summed E-state index contributed by atoms with van der Waals surface area (Å²) in [7, 11) is 1.61. The van der Waals surface area contributed by atoms with Crippen LogP contribution in [-0.4, -0.2) is 13.4 Å². The molecule has 14 heavy (non-hydrogen) atoms. The maximum absolute atomic E-state index is 10.7. The molecule has 0 N–H and O–H groups in total. The van der Waals surface area contributed by atoms with Gasteiger partial charge in [0.15, 0.2) is 0 Å². The van der Waals surface area contributed by atoms with Crippen LogP contribution in [-0.2, 0) is 4.79 Å². The van der Waals surface area contributed by atoms with Gasteiger partial charge < -0.3 is 9.53 Å². The van der Waals surface area contributed by atoms with E-state index >= 15 is 0 Å². The number of hydrogen-bond donors (Lipinski definition) is 0. The monoisotopic (exact) mass is 256 g/mol. The fraction of sp³-hybridized carbons (Fsp3) is 0.364. The lowest BCUT2D eigenvalue weighted by molar-refractivity contribution is -0.108. The van der Waals surface area contributed by atoms with E-state index in [0.717, 1.165) is 27.6 Å². The van der Waals surface area contributed by atoms with Crippen molar-refractivity contribution in [3.8, 4) is 5.75 Å². The van der Waals surface area contributed by atoms with Gasteiger partial charge in [-0.2, -0.15) is 0 Å². The van der Waals surface area contributed by atoms with Crippen LogP contribution in [0.3, 0.4) is 0 Å². The summed E-state index contributed by atoms with van der Waals surface area (Å²) in [6, 6.07) is 3.91. The van der Waals surface area contributed by atoms with Gasteiger partial charge in [-0.15, -0.1) is 0 Å². The number of hydrogen-bond acceptors (Lipinski definition) is 2. The van der Waals surface area contributed by atoms with Gasteiger partial charge in [0.1, 0.15) is 12.0 Å². The van der Waals surface area contributed by atoms with Gasteiger partial charge in [0.25, 0.3) is 0 Å². The standard InChI is InChI=1S/C11H13BrO2/c1-7-4-9(12)11(8(2)6-13)10(5-7)14-3/h4-6,8H,1-3H3/t8-/m0/s1. The summed E-state index contributed by atoms with van der Waals surface area (Å²) in [4.78, 5) is 10.7. The summed E-state index contributed by atoms with van der Waals surface area (Å²) in [6.07, 6.45) is 0.915. The van der Waals surface area contributed by atoms with Crippen LogP contribution in [0.15, 0.2) is 16.6 Å². The summed E-state index contributed by atoms with van der Waals surface area (Å²) in [5.74, 6) is 0.608. The predicted octanol–water partition coefficient (Wildman–Crippen LogP) is 3.07. The molecule has 0 radical (unpaired) electrons.